The van der Waals surface area contributed by atoms with Crippen molar-refractivity contribution in [3.05, 3.63) is 59.1 Å². The van der Waals surface area contributed by atoms with E-state index in [-0.39, 0.29) is 11.6 Å². The number of carbonyl (C=O) groups excluding carboxylic acids is 1. The predicted molar refractivity (Wildman–Crippen MR) is 86.8 cm³/mol. The van der Waals surface area contributed by atoms with Crippen molar-refractivity contribution in [2.45, 2.75) is 23.2 Å². The highest BCUT2D eigenvalue weighted by Crippen LogP contribution is 2.31. The number of amides is 1. The van der Waals surface area contributed by atoms with Crippen LogP contribution in [0.15, 0.2) is 53.4 Å². The fourth-order valence-electron chi connectivity index (χ4n) is 1.79. The van der Waals surface area contributed by atoms with E-state index in [9.17, 15) is 18.0 Å². The second-order valence-electron chi connectivity index (χ2n) is 4.78. The Hall–Kier alpha value is -1.66. The molecule has 2 nitrogen and oxygen atoms in total. The van der Waals surface area contributed by atoms with Gasteiger partial charge in [0.2, 0.25) is 5.91 Å². The zero-order chi connectivity index (χ0) is 17.0. The van der Waals surface area contributed by atoms with E-state index in [1.807, 2.05) is 0 Å². The zero-order valence-corrected chi connectivity index (χ0v) is 13.6. The van der Waals surface area contributed by atoms with E-state index >= 15 is 0 Å². The lowest BCUT2D eigenvalue weighted by atomic mass is 10.2. The van der Waals surface area contributed by atoms with Gasteiger partial charge in [-0.2, -0.15) is 13.2 Å². The minimum Gasteiger partial charge on any atom is -0.325 e. The highest BCUT2D eigenvalue weighted by Gasteiger charge is 2.30. The van der Waals surface area contributed by atoms with Crippen LogP contribution in [0, 0.1) is 0 Å². The lowest BCUT2D eigenvalue weighted by molar-refractivity contribution is -0.137. The van der Waals surface area contributed by atoms with Crippen LogP contribution >= 0.6 is 23.4 Å². The van der Waals surface area contributed by atoms with Crippen LogP contribution in [0.25, 0.3) is 0 Å². The lowest BCUT2D eigenvalue weighted by Crippen LogP contribution is -2.22. The molecule has 0 saturated carbocycles. The van der Waals surface area contributed by atoms with E-state index in [1.54, 1.807) is 31.2 Å². The molecule has 1 amide bonds. The topological polar surface area (TPSA) is 29.1 Å². The van der Waals surface area contributed by atoms with Crippen molar-refractivity contribution >= 4 is 35.0 Å². The smallest absolute Gasteiger partial charge is 0.325 e. The van der Waals surface area contributed by atoms with Gasteiger partial charge in [-0.05, 0) is 49.4 Å². The first-order valence-electron chi connectivity index (χ1n) is 6.66. The number of carbonyl (C=O) groups is 1. The summed E-state index contributed by atoms with van der Waals surface area (Å²) in [5.41, 5.74) is -0.679. The number of hydrogen-bond acceptors (Lipinski definition) is 2. The summed E-state index contributed by atoms with van der Waals surface area (Å²) in [7, 11) is 0. The third-order valence-electron chi connectivity index (χ3n) is 2.95. The molecule has 0 radical (unpaired) electrons. The van der Waals surface area contributed by atoms with Crippen LogP contribution in [-0.2, 0) is 11.0 Å². The Labute approximate surface area is 141 Å². The van der Waals surface area contributed by atoms with Gasteiger partial charge in [0.15, 0.2) is 0 Å². The van der Waals surface area contributed by atoms with Crippen LogP contribution in [0.5, 0.6) is 0 Å². The Balaban J connectivity index is 2.02. The maximum atomic E-state index is 12.7. The molecular weight excluding hydrogens is 347 g/mol. The van der Waals surface area contributed by atoms with Gasteiger partial charge in [-0.1, -0.05) is 17.7 Å². The molecule has 122 valence electrons. The summed E-state index contributed by atoms with van der Waals surface area (Å²) in [5, 5.41) is 2.63. The standard InChI is InChI=1S/C16H13ClF3NOS/c1-10(23-14-7-5-12(17)6-8-14)15(22)21-13-4-2-3-11(9-13)16(18,19)20/h2-10H,1H3,(H,21,22)/t10-/m1/s1. The first-order chi connectivity index (χ1) is 10.8. The fourth-order valence-corrected chi connectivity index (χ4v) is 2.78. The molecule has 0 aromatic heterocycles. The van der Waals surface area contributed by atoms with Crippen molar-refractivity contribution in [2.24, 2.45) is 0 Å². The third kappa shape index (κ3) is 5.18. The lowest BCUT2D eigenvalue weighted by Gasteiger charge is -2.13. The summed E-state index contributed by atoms with van der Waals surface area (Å²) in [4.78, 5) is 13.0. The van der Waals surface area contributed by atoms with E-state index in [2.05, 4.69) is 5.32 Å². The van der Waals surface area contributed by atoms with Crippen LogP contribution in [0.4, 0.5) is 18.9 Å². The molecule has 1 N–H and O–H groups in total. The van der Waals surface area contributed by atoms with Gasteiger partial charge in [0.25, 0.3) is 0 Å². The van der Waals surface area contributed by atoms with E-state index in [1.165, 1.54) is 23.9 Å². The van der Waals surface area contributed by atoms with Crippen LogP contribution in [0.1, 0.15) is 12.5 Å². The molecule has 7 heteroatoms. The zero-order valence-electron chi connectivity index (χ0n) is 12.0. The highest BCUT2D eigenvalue weighted by atomic mass is 35.5. The van der Waals surface area contributed by atoms with Gasteiger partial charge in [-0.25, -0.2) is 0 Å². The van der Waals surface area contributed by atoms with E-state index in [0.29, 0.717) is 5.02 Å². The summed E-state index contributed by atoms with van der Waals surface area (Å²) >= 11 is 7.09. The van der Waals surface area contributed by atoms with Gasteiger partial charge >= 0.3 is 6.18 Å². The molecule has 0 bridgehead atoms. The average Bonchev–Trinajstić information content (AvgIpc) is 2.49. The normalized spacial score (nSPS) is 12.7. The Morgan fingerprint density at radius 2 is 1.83 bits per heavy atom. The molecule has 1 atom stereocenters. The highest BCUT2D eigenvalue weighted by molar-refractivity contribution is 8.00. The summed E-state index contributed by atoms with van der Waals surface area (Å²) in [6.07, 6.45) is -4.44. The van der Waals surface area contributed by atoms with Crippen LogP contribution < -0.4 is 5.32 Å². The van der Waals surface area contributed by atoms with Gasteiger partial charge in [0.05, 0.1) is 10.8 Å². The van der Waals surface area contributed by atoms with E-state index < -0.39 is 17.0 Å². The van der Waals surface area contributed by atoms with Crippen LogP contribution in [0.2, 0.25) is 5.02 Å². The molecule has 2 rings (SSSR count). The van der Waals surface area contributed by atoms with E-state index in [0.717, 1.165) is 17.0 Å². The fraction of sp³-hybridized carbons (Fsp3) is 0.188. The first kappa shape index (κ1) is 17.7. The Morgan fingerprint density at radius 1 is 1.17 bits per heavy atom. The number of nitrogens with one attached hydrogen (secondary N) is 1. The van der Waals surface area contributed by atoms with Gasteiger partial charge in [0.1, 0.15) is 0 Å². The van der Waals surface area contributed by atoms with Crippen LogP contribution in [-0.4, -0.2) is 11.2 Å². The number of benzene rings is 2. The molecule has 0 aliphatic rings. The number of alkyl halides is 3. The van der Waals surface area contributed by atoms with Crippen LogP contribution in [0.3, 0.4) is 0 Å². The largest absolute Gasteiger partial charge is 0.416 e. The molecule has 0 spiro atoms. The van der Waals surface area contributed by atoms with Crippen molar-refractivity contribution < 1.29 is 18.0 Å². The minimum absolute atomic E-state index is 0.119. The predicted octanol–water partition coefficient (Wildman–Crippen LogP) is 5.48. The van der Waals surface area contributed by atoms with Crippen molar-refractivity contribution in [3.8, 4) is 0 Å². The molecule has 23 heavy (non-hydrogen) atoms. The molecule has 0 unspecified atom stereocenters. The number of anilines is 1. The summed E-state index contributed by atoms with van der Waals surface area (Å²) in [5.74, 6) is -0.371. The summed E-state index contributed by atoms with van der Waals surface area (Å²) < 4.78 is 38.0. The van der Waals surface area contributed by atoms with Gasteiger partial charge in [0, 0.05) is 15.6 Å². The van der Waals surface area contributed by atoms with Crippen molar-refractivity contribution in [1.82, 2.24) is 0 Å². The van der Waals surface area contributed by atoms with Gasteiger partial charge in [-0.3, -0.25) is 4.79 Å². The van der Waals surface area contributed by atoms with Gasteiger partial charge in [-0.15, -0.1) is 11.8 Å². The number of hydrogen-bond donors (Lipinski definition) is 1. The maximum Gasteiger partial charge on any atom is 0.416 e. The monoisotopic (exact) mass is 359 g/mol. The van der Waals surface area contributed by atoms with Crippen molar-refractivity contribution in [2.75, 3.05) is 5.32 Å². The third-order valence-corrected chi connectivity index (χ3v) is 4.32. The summed E-state index contributed by atoms with van der Waals surface area (Å²) in [6, 6.07) is 11.5. The molecular formula is C16H13ClF3NOS. The van der Waals surface area contributed by atoms with Crippen molar-refractivity contribution in [1.29, 1.82) is 0 Å². The SMILES string of the molecule is C[C@@H](Sc1ccc(Cl)cc1)C(=O)Nc1cccc(C(F)(F)F)c1. The Bertz CT molecular complexity index is 688. The second-order valence-corrected chi connectivity index (χ2v) is 6.63. The molecule has 0 fully saturated rings. The Kier molecular flexibility index (Phi) is 5.59. The molecule has 0 aliphatic heterocycles. The van der Waals surface area contributed by atoms with Crippen molar-refractivity contribution in [3.63, 3.8) is 0 Å². The molecule has 2 aromatic rings. The number of rotatable bonds is 4. The number of halogens is 4. The molecule has 0 heterocycles. The molecule has 0 aliphatic carbocycles. The second kappa shape index (κ2) is 7.27. The summed E-state index contributed by atoms with van der Waals surface area (Å²) in [6.45, 7) is 1.68. The van der Waals surface area contributed by atoms with E-state index in [4.69, 9.17) is 11.6 Å². The first-order valence-corrected chi connectivity index (χ1v) is 7.92. The quantitative estimate of drug-likeness (QED) is 0.732. The Morgan fingerprint density at radius 3 is 2.43 bits per heavy atom. The average molecular weight is 360 g/mol. The molecule has 2 aromatic carbocycles. The maximum absolute atomic E-state index is 12.7. The van der Waals surface area contributed by atoms with Gasteiger partial charge < -0.3 is 5.32 Å². The minimum atomic E-state index is -4.44. The number of thioether (sulfide) groups is 1. The molecule has 0 saturated heterocycles.